The van der Waals surface area contributed by atoms with Crippen molar-refractivity contribution in [2.45, 2.75) is 44.4 Å². The van der Waals surface area contributed by atoms with Gasteiger partial charge in [0.1, 0.15) is 10.0 Å². The van der Waals surface area contributed by atoms with Crippen molar-refractivity contribution in [3.8, 4) is 16.9 Å². The number of rotatable bonds is 13. The molecule has 0 saturated carbocycles. The molecule has 0 bridgehead atoms. The van der Waals surface area contributed by atoms with Gasteiger partial charge in [0.2, 0.25) is 10.0 Å². The summed E-state index contributed by atoms with van der Waals surface area (Å²) in [7, 11) is -3.68. The summed E-state index contributed by atoms with van der Waals surface area (Å²) < 4.78 is 30.0. The molecule has 2 aromatic carbocycles. The number of carboxylic acid groups (broad SMARTS) is 1. The molecule has 0 radical (unpaired) electrons. The summed E-state index contributed by atoms with van der Waals surface area (Å²) in [5, 5.41) is 13.6. The van der Waals surface area contributed by atoms with Gasteiger partial charge in [-0.2, -0.15) is 9.40 Å². The van der Waals surface area contributed by atoms with Crippen molar-refractivity contribution in [1.29, 1.82) is 0 Å². The van der Waals surface area contributed by atoms with Crippen molar-refractivity contribution in [1.82, 2.24) is 19.0 Å². The summed E-state index contributed by atoms with van der Waals surface area (Å²) >= 11 is 6.69. The van der Waals surface area contributed by atoms with Gasteiger partial charge in [0.15, 0.2) is 0 Å². The summed E-state index contributed by atoms with van der Waals surface area (Å²) in [6.45, 7) is 4.74. The minimum atomic E-state index is -3.68. The third-order valence-corrected chi connectivity index (χ3v) is 10.1. The van der Waals surface area contributed by atoms with E-state index >= 15 is 0 Å². The van der Waals surface area contributed by atoms with Gasteiger partial charge in [-0.1, -0.05) is 74.6 Å². The molecular weight excluding hydrogens is 581 g/mol. The van der Waals surface area contributed by atoms with Gasteiger partial charge in [-0.05, 0) is 43.2 Å². The van der Waals surface area contributed by atoms with Crippen LogP contribution >= 0.6 is 24.0 Å². The molecule has 4 rings (SSSR count). The molecule has 3 aromatic rings. The van der Waals surface area contributed by atoms with E-state index in [0.717, 1.165) is 5.69 Å². The van der Waals surface area contributed by atoms with Crippen LogP contribution < -0.4 is 0 Å². The second kappa shape index (κ2) is 13.6. The number of nitrogens with zero attached hydrogens (tertiary/aromatic N) is 4. The van der Waals surface area contributed by atoms with Crippen LogP contribution in [0.5, 0.6) is 0 Å². The lowest BCUT2D eigenvalue weighted by atomic mass is 10.1. The predicted molar refractivity (Wildman–Crippen MR) is 165 cm³/mol. The van der Waals surface area contributed by atoms with Crippen molar-refractivity contribution < 1.29 is 23.1 Å². The van der Waals surface area contributed by atoms with E-state index in [4.69, 9.17) is 22.4 Å². The number of benzene rings is 2. The number of hydrogen-bond donors (Lipinski definition) is 1. The zero-order chi connectivity index (χ0) is 29.6. The molecule has 0 spiro atoms. The molecule has 41 heavy (non-hydrogen) atoms. The second-order valence-electron chi connectivity index (χ2n) is 9.37. The van der Waals surface area contributed by atoms with E-state index in [9.17, 15) is 18.0 Å². The van der Waals surface area contributed by atoms with Gasteiger partial charge in [-0.15, -0.1) is 0 Å². The standard InChI is InChI=1S/C29H32N4O5S3/c1-3-31(4-2)41(37,38)24-15-11-12-21(18-24)27-22(20-33(30-27)23-13-7-5-8-14-23)19-25-28(36)32(29(39)40-25)17-10-6-9-16-26(34)35/h5,7-8,11-15,18-20H,3-4,6,9-10,16-17H2,1-2H3,(H,34,35). The molecule has 1 aliphatic heterocycles. The molecule has 0 aliphatic carbocycles. The SMILES string of the molecule is CCN(CC)S(=O)(=O)c1cccc(-c2nn(-c3ccccc3)cc2C=C2SC(=S)N(CCCCCC(=O)O)C2=O)c1. The van der Waals surface area contributed by atoms with Crippen molar-refractivity contribution in [3.05, 3.63) is 71.3 Å². The maximum atomic E-state index is 13.3. The zero-order valence-electron chi connectivity index (χ0n) is 22.9. The summed E-state index contributed by atoms with van der Waals surface area (Å²) in [5.41, 5.74) is 2.60. The van der Waals surface area contributed by atoms with Gasteiger partial charge >= 0.3 is 5.97 Å². The zero-order valence-corrected chi connectivity index (χ0v) is 25.3. The molecule has 2 heterocycles. The Balaban J connectivity index is 1.69. The number of thiocarbonyl (C=S) groups is 1. The van der Waals surface area contributed by atoms with E-state index in [2.05, 4.69) is 0 Å². The Morgan fingerprint density at radius 3 is 2.49 bits per heavy atom. The van der Waals surface area contributed by atoms with E-state index in [1.807, 2.05) is 36.5 Å². The van der Waals surface area contributed by atoms with Crippen LogP contribution in [0.2, 0.25) is 0 Å². The fourth-order valence-corrected chi connectivity index (χ4v) is 7.31. The molecule has 1 aromatic heterocycles. The Hall–Kier alpha value is -3.32. The predicted octanol–water partition coefficient (Wildman–Crippen LogP) is 5.42. The Labute approximate surface area is 249 Å². The summed E-state index contributed by atoms with van der Waals surface area (Å²) in [4.78, 5) is 26.2. The molecule has 1 N–H and O–H groups in total. The summed E-state index contributed by atoms with van der Waals surface area (Å²) in [6, 6.07) is 16.2. The highest BCUT2D eigenvalue weighted by Crippen LogP contribution is 2.35. The average molecular weight is 613 g/mol. The largest absolute Gasteiger partial charge is 0.481 e. The highest BCUT2D eigenvalue weighted by atomic mass is 32.2. The number of sulfonamides is 1. The van der Waals surface area contributed by atoms with Gasteiger partial charge in [0.25, 0.3) is 5.91 Å². The molecule has 9 nitrogen and oxygen atoms in total. The van der Waals surface area contributed by atoms with Crippen molar-refractivity contribution in [2.24, 2.45) is 0 Å². The summed E-state index contributed by atoms with van der Waals surface area (Å²) in [6.07, 6.45) is 5.54. The smallest absolute Gasteiger partial charge is 0.303 e. The third-order valence-electron chi connectivity index (χ3n) is 6.65. The van der Waals surface area contributed by atoms with Gasteiger partial charge in [-0.25, -0.2) is 13.1 Å². The molecule has 0 unspecified atom stereocenters. The van der Waals surface area contributed by atoms with Gasteiger partial charge in [-0.3, -0.25) is 14.5 Å². The number of hydrogen-bond acceptors (Lipinski definition) is 7. The topological polar surface area (TPSA) is 113 Å². The van der Waals surface area contributed by atoms with Crippen LogP contribution in [0, 0.1) is 0 Å². The van der Waals surface area contributed by atoms with Crippen molar-refractivity contribution in [3.63, 3.8) is 0 Å². The Bertz CT molecular complexity index is 1560. The number of aliphatic carboxylic acids is 1. The fraction of sp³-hybridized carbons (Fsp3) is 0.310. The van der Waals surface area contributed by atoms with Crippen LogP contribution in [0.4, 0.5) is 0 Å². The van der Waals surface area contributed by atoms with Crippen molar-refractivity contribution >= 4 is 56.3 Å². The second-order valence-corrected chi connectivity index (χ2v) is 13.0. The molecule has 1 saturated heterocycles. The molecule has 1 fully saturated rings. The maximum absolute atomic E-state index is 13.3. The number of carbonyl (C=O) groups is 2. The van der Waals surface area contributed by atoms with Gasteiger partial charge < -0.3 is 5.11 Å². The fourth-order valence-electron chi connectivity index (χ4n) is 4.50. The van der Waals surface area contributed by atoms with Crippen LogP contribution in [0.25, 0.3) is 23.0 Å². The van der Waals surface area contributed by atoms with Crippen LogP contribution in [-0.4, -0.2) is 68.3 Å². The first-order valence-corrected chi connectivity index (χ1v) is 16.0. The lowest BCUT2D eigenvalue weighted by Gasteiger charge is -2.18. The van der Waals surface area contributed by atoms with E-state index < -0.39 is 16.0 Å². The van der Waals surface area contributed by atoms with E-state index in [0.29, 0.717) is 64.9 Å². The van der Waals surface area contributed by atoms with Crippen LogP contribution in [-0.2, 0) is 19.6 Å². The molecule has 1 aliphatic rings. The van der Waals surface area contributed by atoms with E-state index in [1.165, 1.54) is 16.1 Å². The molecule has 216 valence electrons. The average Bonchev–Trinajstić information content (AvgIpc) is 3.50. The number of amides is 1. The minimum absolute atomic E-state index is 0.101. The lowest BCUT2D eigenvalue weighted by Crippen LogP contribution is -2.30. The minimum Gasteiger partial charge on any atom is -0.481 e. The van der Waals surface area contributed by atoms with Crippen molar-refractivity contribution in [2.75, 3.05) is 19.6 Å². The van der Waals surface area contributed by atoms with E-state index in [1.54, 1.807) is 53.8 Å². The lowest BCUT2D eigenvalue weighted by molar-refractivity contribution is -0.137. The first-order chi connectivity index (χ1) is 19.6. The van der Waals surface area contributed by atoms with E-state index in [-0.39, 0.29) is 17.2 Å². The molecule has 0 atom stereocenters. The first-order valence-electron chi connectivity index (χ1n) is 13.4. The quantitative estimate of drug-likeness (QED) is 0.155. The Morgan fingerprint density at radius 1 is 1.07 bits per heavy atom. The highest BCUT2D eigenvalue weighted by Gasteiger charge is 2.32. The Morgan fingerprint density at radius 2 is 1.80 bits per heavy atom. The van der Waals surface area contributed by atoms with Crippen LogP contribution in [0.3, 0.4) is 0 Å². The number of thioether (sulfide) groups is 1. The Kier molecular flexibility index (Phi) is 10.1. The summed E-state index contributed by atoms with van der Waals surface area (Å²) in [5.74, 6) is -1.05. The third kappa shape index (κ3) is 7.13. The normalized spacial score (nSPS) is 14.9. The number of unbranched alkanes of at least 4 members (excludes halogenated alkanes) is 2. The number of aromatic nitrogens is 2. The number of carbonyl (C=O) groups excluding carboxylic acids is 1. The molecular formula is C29H32N4O5S3. The maximum Gasteiger partial charge on any atom is 0.303 e. The van der Waals surface area contributed by atoms with Gasteiger partial charge in [0.05, 0.1) is 15.5 Å². The van der Waals surface area contributed by atoms with Gasteiger partial charge in [0, 0.05) is 43.4 Å². The molecule has 12 heteroatoms. The van der Waals surface area contributed by atoms with Crippen LogP contribution in [0.15, 0.2) is 70.6 Å². The highest BCUT2D eigenvalue weighted by molar-refractivity contribution is 8.26. The van der Waals surface area contributed by atoms with Crippen LogP contribution in [0.1, 0.15) is 45.1 Å². The monoisotopic (exact) mass is 612 g/mol. The molecule has 1 amide bonds. The number of carboxylic acids is 1. The number of para-hydroxylation sites is 1. The first kappa shape index (κ1) is 30.6.